The molecule has 5 nitrogen and oxygen atoms in total. The van der Waals surface area contributed by atoms with Crippen molar-refractivity contribution in [2.75, 3.05) is 59.5 Å². The third-order valence-electron chi connectivity index (χ3n) is 2.03. The van der Waals surface area contributed by atoms with Crippen molar-refractivity contribution in [3.8, 4) is 0 Å². The van der Waals surface area contributed by atoms with Crippen LogP contribution in [0.1, 0.15) is 6.92 Å². The molecule has 5 heteroatoms. The van der Waals surface area contributed by atoms with Gasteiger partial charge >= 0.3 is 0 Å². The van der Waals surface area contributed by atoms with Crippen LogP contribution in [-0.2, 0) is 23.7 Å². The summed E-state index contributed by atoms with van der Waals surface area (Å²) >= 11 is 0. The first-order chi connectivity index (χ1) is 7.93. The highest BCUT2D eigenvalue weighted by atomic mass is 16.6. The van der Waals surface area contributed by atoms with Crippen LogP contribution in [0.15, 0.2) is 0 Å². The van der Waals surface area contributed by atoms with Gasteiger partial charge < -0.3 is 23.7 Å². The zero-order valence-corrected chi connectivity index (χ0v) is 9.98. The highest BCUT2D eigenvalue weighted by Crippen LogP contribution is 2.07. The molecule has 1 aliphatic heterocycles. The molecule has 0 radical (unpaired) electrons. The van der Waals surface area contributed by atoms with E-state index in [1.165, 1.54) is 0 Å². The van der Waals surface area contributed by atoms with Crippen LogP contribution in [0.3, 0.4) is 0 Å². The molecule has 96 valence electrons. The molecule has 0 amide bonds. The molecule has 0 bridgehead atoms. The third kappa shape index (κ3) is 9.06. The predicted octanol–water partition coefficient (Wildman–Crippen LogP) is 0.471. The van der Waals surface area contributed by atoms with Gasteiger partial charge in [0.15, 0.2) is 0 Å². The minimum Gasteiger partial charge on any atom is -0.379 e. The fourth-order valence-electron chi connectivity index (χ4n) is 1.08. The van der Waals surface area contributed by atoms with Gasteiger partial charge in [-0.15, -0.1) is 0 Å². The molecule has 1 aliphatic rings. The Morgan fingerprint density at radius 1 is 0.875 bits per heavy atom. The second-order valence-corrected chi connectivity index (χ2v) is 3.45. The summed E-state index contributed by atoms with van der Waals surface area (Å²) in [6.07, 6.45) is 0.335. The summed E-state index contributed by atoms with van der Waals surface area (Å²) in [6, 6.07) is 0. The van der Waals surface area contributed by atoms with Gasteiger partial charge in [-0.05, 0) is 6.92 Å². The monoisotopic (exact) mass is 234 g/mol. The molecule has 1 atom stereocenters. The van der Waals surface area contributed by atoms with Crippen molar-refractivity contribution in [3.63, 3.8) is 0 Å². The summed E-state index contributed by atoms with van der Waals surface area (Å²) in [5, 5.41) is 0. The van der Waals surface area contributed by atoms with Gasteiger partial charge in [-0.25, -0.2) is 0 Å². The SMILES string of the molecule is CCOCCOCCOCCOCC1CO1. The van der Waals surface area contributed by atoms with E-state index >= 15 is 0 Å². The Labute approximate surface area is 97.0 Å². The molecule has 1 fully saturated rings. The molecule has 0 aromatic heterocycles. The van der Waals surface area contributed by atoms with Gasteiger partial charge in [-0.2, -0.15) is 0 Å². The average molecular weight is 234 g/mol. The zero-order valence-electron chi connectivity index (χ0n) is 9.98. The topological polar surface area (TPSA) is 49.5 Å². The smallest absolute Gasteiger partial charge is 0.104 e. The van der Waals surface area contributed by atoms with E-state index in [2.05, 4.69) is 0 Å². The van der Waals surface area contributed by atoms with Crippen molar-refractivity contribution in [2.24, 2.45) is 0 Å². The van der Waals surface area contributed by atoms with Gasteiger partial charge in [0.1, 0.15) is 6.10 Å². The average Bonchev–Trinajstić information content (AvgIpc) is 3.10. The van der Waals surface area contributed by atoms with Crippen LogP contribution in [0, 0.1) is 0 Å². The maximum atomic E-state index is 5.31. The van der Waals surface area contributed by atoms with Crippen LogP contribution in [0.4, 0.5) is 0 Å². The van der Waals surface area contributed by atoms with Crippen molar-refractivity contribution < 1.29 is 23.7 Å². The molecule has 1 heterocycles. The summed E-state index contributed by atoms with van der Waals surface area (Å²) in [7, 11) is 0. The first kappa shape index (κ1) is 13.9. The molecule has 1 unspecified atom stereocenters. The van der Waals surface area contributed by atoms with Crippen LogP contribution in [-0.4, -0.2) is 65.6 Å². The molecule has 0 aromatic rings. The molecular formula is C11H22O5. The number of hydrogen-bond donors (Lipinski definition) is 0. The molecule has 16 heavy (non-hydrogen) atoms. The van der Waals surface area contributed by atoms with E-state index in [0.717, 1.165) is 13.2 Å². The van der Waals surface area contributed by atoms with Crippen LogP contribution < -0.4 is 0 Å². The lowest BCUT2D eigenvalue weighted by Gasteiger charge is -2.06. The lowest BCUT2D eigenvalue weighted by molar-refractivity contribution is -0.00199. The van der Waals surface area contributed by atoms with E-state index in [-0.39, 0.29) is 0 Å². The Morgan fingerprint density at radius 2 is 1.38 bits per heavy atom. The van der Waals surface area contributed by atoms with Crippen molar-refractivity contribution >= 4 is 0 Å². The third-order valence-corrected chi connectivity index (χ3v) is 2.03. The molecule has 0 aliphatic carbocycles. The summed E-state index contributed by atoms with van der Waals surface area (Å²) in [4.78, 5) is 0. The van der Waals surface area contributed by atoms with E-state index in [1.807, 2.05) is 6.92 Å². The Bertz CT molecular complexity index is 149. The standard InChI is InChI=1S/C11H22O5/c1-2-12-3-4-13-5-6-14-7-8-15-9-11-10-16-11/h11H,2-10H2,1H3. The Kier molecular flexibility index (Phi) is 8.65. The van der Waals surface area contributed by atoms with Gasteiger partial charge in [-0.3, -0.25) is 0 Å². The van der Waals surface area contributed by atoms with E-state index < -0.39 is 0 Å². The minimum atomic E-state index is 0.335. The van der Waals surface area contributed by atoms with Crippen LogP contribution in [0.2, 0.25) is 0 Å². The number of rotatable bonds is 12. The lowest BCUT2D eigenvalue weighted by Crippen LogP contribution is -2.12. The second-order valence-electron chi connectivity index (χ2n) is 3.45. The number of hydrogen-bond acceptors (Lipinski definition) is 5. The van der Waals surface area contributed by atoms with Crippen molar-refractivity contribution in [3.05, 3.63) is 0 Å². The van der Waals surface area contributed by atoms with Crippen molar-refractivity contribution in [2.45, 2.75) is 13.0 Å². The van der Waals surface area contributed by atoms with E-state index in [0.29, 0.717) is 52.4 Å². The Hall–Kier alpha value is -0.200. The van der Waals surface area contributed by atoms with Gasteiger partial charge in [0.2, 0.25) is 0 Å². The van der Waals surface area contributed by atoms with Crippen LogP contribution in [0.25, 0.3) is 0 Å². The first-order valence-electron chi connectivity index (χ1n) is 5.86. The largest absolute Gasteiger partial charge is 0.379 e. The van der Waals surface area contributed by atoms with Gasteiger partial charge in [-0.1, -0.05) is 0 Å². The van der Waals surface area contributed by atoms with Crippen LogP contribution in [0.5, 0.6) is 0 Å². The van der Waals surface area contributed by atoms with Crippen LogP contribution >= 0.6 is 0 Å². The summed E-state index contributed by atoms with van der Waals surface area (Å²) in [5.74, 6) is 0. The van der Waals surface area contributed by atoms with Gasteiger partial charge in [0.25, 0.3) is 0 Å². The highest BCUT2D eigenvalue weighted by molar-refractivity contribution is 4.66. The maximum absolute atomic E-state index is 5.31. The van der Waals surface area contributed by atoms with Crippen molar-refractivity contribution in [1.82, 2.24) is 0 Å². The fraction of sp³-hybridized carbons (Fsp3) is 1.00. The minimum absolute atomic E-state index is 0.335. The molecule has 0 N–H and O–H groups in total. The molecule has 0 spiro atoms. The molecule has 0 aromatic carbocycles. The molecular weight excluding hydrogens is 212 g/mol. The molecule has 1 saturated heterocycles. The van der Waals surface area contributed by atoms with E-state index in [1.54, 1.807) is 0 Å². The summed E-state index contributed by atoms with van der Waals surface area (Å²) in [6.45, 7) is 7.97. The summed E-state index contributed by atoms with van der Waals surface area (Å²) < 4.78 is 26.0. The fourth-order valence-corrected chi connectivity index (χ4v) is 1.08. The summed E-state index contributed by atoms with van der Waals surface area (Å²) in [5.41, 5.74) is 0. The second kappa shape index (κ2) is 9.99. The van der Waals surface area contributed by atoms with E-state index in [9.17, 15) is 0 Å². The zero-order chi connectivity index (χ0) is 11.5. The quantitative estimate of drug-likeness (QED) is 0.363. The van der Waals surface area contributed by atoms with Gasteiger partial charge in [0.05, 0.1) is 52.9 Å². The lowest BCUT2D eigenvalue weighted by atomic mass is 10.5. The van der Waals surface area contributed by atoms with Crippen molar-refractivity contribution in [1.29, 1.82) is 0 Å². The maximum Gasteiger partial charge on any atom is 0.104 e. The number of epoxide rings is 1. The molecule has 1 rings (SSSR count). The van der Waals surface area contributed by atoms with Gasteiger partial charge in [0, 0.05) is 6.61 Å². The highest BCUT2D eigenvalue weighted by Gasteiger charge is 2.21. The Morgan fingerprint density at radius 3 is 1.88 bits per heavy atom. The number of ether oxygens (including phenoxy) is 5. The first-order valence-corrected chi connectivity index (χ1v) is 5.86. The van der Waals surface area contributed by atoms with E-state index in [4.69, 9.17) is 23.7 Å². The predicted molar refractivity (Wildman–Crippen MR) is 58.7 cm³/mol. The Balaban J connectivity index is 1.61. The normalized spacial score (nSPS) is 18.9. The molecule has 0 saturated carbocycles.